The molecule has 8 heteroatoms. The highest BCUT2D eigenvalue weighted by atomic mass is 35.5. The minimum atomic E-state index is -4.67. The van der Waals surface area contributed by atoms with Gasteiger partial charge in [-0.3, -0.25) is 9.80 Å². The number of alkyl halides is 3. The number of carbonyl (C=O) groups is 1. The number of fused-ring (bicyclic) bond motifs is 3. The lowest BCUT2D eigenvalue weighted by atomic mass is 9.68. The summed E-state index contributed by atoms with van der Waals surface area (Å²) in [4.78, 5) is 16.1. The predicted molar refractivity (Wildman–Crippen MR) is 119 cm³/mol. The number of rotatable bonds is 4. The molecule has 0 N–H and O–H groups in total. The van der Waals surface area contributed by atoms with E-state index >= 15 is 0 Å². The normalized spacial score (nSPS) is 21.8. The zero-order valence-corrected chi connectivity index (χ0v) is 18.4. The Hall–Kier alpha value is -3.19. The summed E-state index contributed by atoms with van der Waals surface area (Å²) in [6.45, 7) is 0.114. The zero-order chi connectivity index (χ0) is 23.4. The Bertz CT molecular complexity index is 1200. The number of carbonyl (C=O) groups excluding carboxylic acids is 1. The van der Waals surface area contributed by atoms with E-state index in [9.17, 15) is 18.0 Å². The SMILES string of the molecule is COc1ccc(CN2C(=O)N3C(c4ccccc4)CC3(C(F)(F)F)c3cc(Cl)ccc32)cc1. The molecule has 0 bridgehead atoms. The number of nitrogens with zero attached hydrogens (tertiary/aromatic N) is 2. The van der Waals surface area contributed by atoms with Crippen LogP contribution in [0.5, 0.6) is 5.75 Å². The molecule has 2 unspecified atom stereocenters. The van der Waals surface area contributed by atoms with Crippen molar-refractivity contribution >= 4 is 23.3 Å². The Balaban J connectivity index is 1.64. The summed E-state index contributed by atoms with van der Waals surface area (Å²) >= 11 is 6.15. The summed E-state index contributed by atoms with van der Waals surface area (Å²) < 4.78 is 49.2. The maximum atomic E-state index is 14.7. The van der Waals surface area contributed by atoms with Crippen LogP contribution in [0, 0.1) is 0 Å². The first kappa shape index (κ1) is 21.6. The summed E-state index contributed by atoms with van der Waals surface area (Å²) in [5, 5.41) is 0.194. The first-order chi connectivity index (χ1) is 15.8. The van der Waals surface area contributed by atoms with Crippen molar-refractivity contribution in [3.05, 3.63) is 94.5 Å². The van der Waals surface area contributed by atoms with E-state index in [1.54, 1.807) is 61.7 Å². The second-order valence-corrected chi connectivity index (χ2v) is 8.67. The molecule has 0 aromatic heterocycles. The molecule has 3 aromatic carbocycles. The highest BCUT2D eigenvalue weighted by Gasteiger charge is 2.73. The van der Waals surface area contributed by atoms with Gasteiger partial charge < -0.3 is 4.74 Å². The molecule has 0 saturated carbocycles. The third-order valence-corrected chi connectivity index (χ3v) is 6.73. The van der Waals surface area contributed by atoms with Gasteiger partial charge in [-0.05, 0) is 41.5 Å². The van der Waals surface area contributed by atoms with Crippen molar-refractivity contribution in [3.63, 3.8) is 0 Å². The molecule has 33 heavy (non-hydrogen) atoms. The highest BCUT2D eigenvalue weighted by Crippen LogP contribution is 2.64. The summed E-state index contributed by atoms with van der Waals surface area (Å²) in [6.07, 6.45) is -4.92. The van der Waals surface area contributed by atoms with Crippen LogP contribution in [0.1, 0.15) is 29.2 Å². The lowest BCUT2D eigenvalue weighted by molar-refractivity contribution is -0.277. The van der Waals surface area contributed by atoms with Crippen LogP contribution in [0.3, 0.4) is 0 Å². The van der Waals surface area contributed by atoms with Gasteiger partial charge in [-0.25, -0.2) is 4.79 Å². The van der Waals surface area contributed by atoms with E-state index in [0.29, 0.717) is 11.3 Å². The van der Waals surface area contributed by atoms with Crippen molar-refractivity contribution in [2.75, 3.05) is 12.0 Å². The third kappa shape index (κ3) is 3.25. The standard InChI is InChI=1S/C25H20ClF3N2O2/c1-33-19-10-7-16(8-11-19)15-30-21-12-9-18(26)13-20(21)24(25(27,28)29)14-22(31(24)23(30)32)17-5-3-2-4-6-17/h2-13,22H,14-15H2,1H3. The Kier molecular flexibility index (Phi) is 5.05. The number of amides is 2. The summed E-state index contributed by atoms with van der Waals surface area (Å²) in [7, 11) is 1.55. The molecular weight excluding hydrogens is 453 g/mol. The number of urea groups is 1. The van der Waals surface area contributed by atoms with E-state index in [-0.39, 0.29) is 29.2 Å². The van der Waals surface area contributed by atoms with Gasteiger partial charge in [0.15, 0.2) is 5.54 Å². The molecule has 0 spiro atoms. The fourth-order valence-corrected chi connectivity index (χ4v) is 5.05. The van der Waals surface area contributed by atoms with Gasteiger partial charge in [-0.2, -0.15) is 13.2 Å². The largest absolute Gasteiger partial charge is 0.497 e. The van der Waals surface area contributed by atoms with E-state index in [2.05, 4.69) is 0 Å². The minimum absolute atomic E-state index is 0.00259. The molecule has 1 fully saturated rings. The van der Waals surface area contributed by atoms with Crippen LogP contribution in [-0.2, 0) is 12.1 Å². The van der Waals surface area contributed by atoms with Crippen molar-refractivity contribution in [2.45, 2.75) is 30.7 Å². The number of benzene rings is 3. The molecule has 0 aliphatic carbocycles. The first-order valence-electron chi connectivity index (χ1n) is 10.4. The van der Waals surface area contributed by atoms with Crippen molar-refractivity contribution in [3.8, 4) is 5.75 Å². The maximum absolute atomic E-state index is 14.7. The number of anilines is 1. The minimum Gasteiger partial charge on any atom is -0.497 e. The lowest BCUT2D eigenvalue weighted by Gasteiger charge is -2.62. The third-order valence-electron chi connectivity index (χ3n) is 6.50. The zero-order valence-electron chi connectivity index (χ0n) is 17.6. The van der Waals surface area contributed by atoms with Gasteiger partial charge in [0.2, 0.25) is 0 Å². The molecular formula is C25H20ClF3N2O2. The smallest absolute Gasteiger partial charge is 0.416 e. The van der Waals surface area contributed by atoms with Crippen molar-refractivity contribution < 1.29 is 22.7 Å². The van der Waals surface area contributed by atoms with Crippen LogP contribution in [0.2, 0.25) is 5.02 Å². The first-order valence-corrected chi connectivity index (χ1v) is 10.8. The number of hydrogen-bond acceptors (Lipinski definition) is 2. The molecule has 2 aliphatic rings. The molecule has 3 aromatic rings. The Morgan fingerprint density at radius 2 is 1.76 bits per heavy atom. The van der Waals surface area contributed by atoms with E-state index in [4.69, 9.17) is 16.3 Å². The number of halogens is 4. The topological polar surface area (TPSA) is 32.8 Å². The molecule has 0 radical (unpaired) electrons. The second kappa shape index (κ2) is 7.70. The Morgan fingerprint density at radius 1 is 1.06 bits per heavy atom. The molecule has 4 nitrogen and oxygen atoms in total. The molecule has 2 heterocycles. The van der Waals surface area contributed by atoms with E-state index < -0.39 is 23.8 Å². The van der Waals surface area contributed by atoms with E-state index in [1.807, 2.05) is 0 Å². The van der Waals surface area contributed by atoms with Gasteiger partial charge in [0, 0.05) is 17.0 Å². The fourth-order valence-electron chi connectivity index (χ4n) is 4.88. The van der Waals surface area contributed by atoms with Crippen molar-refractivity contribution in [2.24, 2.45) is 0 Å². The number of methoxy groups -OCH3 is 1. The van der Waals surface area contributed by atoms with Crippen LogP contribution in [0.15, 0.2) is 72.8 Å². The van der Waals surface area contributed by atoms with Crippen LogP contribution in [0.4, 0.5) is 23.7 Å². The summed E-state index contributed by atoms with van der Waals surface area (Å²) in [5.74, 6) is 0.652. The van der Waals surface area contributed by atoms with Gasteiger partial charge in [-0.15, -0.1) is 0 Å². The average molecular weight is 473 g/mol. The van der Waals surface area contributed by atoms with Crippen LogP contribution in [-0.4, -0.2) is 24.2 Å². The average Bonchev–Trinajstić information content (AvgIpc) is 2.77. The number of ether oxygens (including phenoxy) is 1. The Labute approximate surface area is 194 Å². The van der Waals surface area contributed by atoms with Crippen molar-refractivity contribution in [1.82, 2.24) is 4.90 Å². The molecule has 170 valence electrons. The predicted octanol–water partition coefficient (Wildman–Crippen LogP) is 6.69. The molecule has 2 amide bonds. The lowest BCUT2D eigenvalue weighted by Crippen LogP contribution is -2.72. The quantitative estimate of drug-likeness (QED) is 0.423. The fraction of sp³-hybridized carbons (Fsp3) is 0.240. The summed E-state index contributed by atoms with van der Waals surface area (Å²) in [6, 6.07) is 18.9. The summed E-state index contributed by atoms with van der Waals surface area (Å²) in [5.41, 5.74) is -0.758. The molecule has 2 atom stereocenters. The van der Waals surface area contributed by atoms with E-state index in [0.717, 1.165) is 10.5 Å². The highest BCUT2D eigenvalue weighted by molar-refractivity contribution is 6.30. The van der Waals surface area contributed by atoms with Crippen LogP contribution in [0.25, 0.3) is 0 Å². The molecule has 2 aliphatic heterocycles. The van der Waals surface area contributed by atoms with Gasteiger partial charge in [0.1, 0.15) is 5.75 Å². The maximum Gasteiger partial charge on any atom is 0.416 e. The van der Waals surface area contributed by atoms with E-state index in [1.165, 1.54) is 23.1 Å². The second-order valence-electron chi connectivity index (χ2n) is 8.24. The van der Waals surface area contributed by atoms with Crippen LogP contribution < -0.4 is 9.64 Å². The van der Waals surface area contributed by atoms with Gasteiger partial charge in [0.05, 0.1) is 25.4 Å². The van der Waals surface area contributed by atoms with Crippen molar-refractivity contribution in [1.29, 1.82) is 0 Å². The Morgan fingerprint density at radius 3 is 2.39 bits per heavy atom. The van der Waals surface area contributed by atoms with Gasteiger partial charge in [-0.1, -0.05) is 54.1 Å². The van der Waals surface area contributed by atoms with Gasteiger partial charge in [0.25, 0.3) is 0 Å². The number of hydrogen-bond donors (Lipinski definition) is 0. The monoisotopic (exact) mass is 472 g/mol. The molecule has 1 saturated heterocycles. The van der Waals surface area contributed by atoms with Gasteiger partial charge >= 0.3 is 12.2 Å². The molecule has 5 rings (SSSR count). The van der Waals surface area contributed by atoms with Crippen LogP contribution >= 0.6 is 11.6 Å².